The second-order valence-electron chi connectivity index (χ2n) is 8.93. The van der Waals surface area contributed by atoms with Crippen LogP contribution in [0, 0.1) is 0 Å². The van der Waals surface area contributed by atoms with E-state index in [1.807, 2.05) is 0 Å². The van der Waals surface area contributed by atoms with Crippen LogP contribution in [-0.2, 0) is 18.5 Å². The highest BCUT2D eigenvalue weighted by Gasteiger charge is 2.15. The van der Waals surface area contributed by atoms with E-state index in [-0.39, 0.29) is 11.0 Å². The van der Waals surface area contributed by atoms with Gasteiger partial charge in [0.25, 0.3) is 11.3 Å². The van der Waals surface area contributed by atoms with E-state index in [1.54, 1.807) is 6.07 Å². The molecule has 4 rings (SSSR count). The molecular formula is C22H30N6O. The van der Waals surface area contributed by atoms with Gasteiger partial charge in [-0.05, 0) is 42.5 Å². The standard InChI is InChI=1S/C22H30N6O/c1-22(2,3)17-9-7-16(8-10-17)14-23-20-25-21-24-18(13-19(29)28(21)26-20)15-27-11-5-4-6-12-27/h7-10,13H,4-6,11-12,14-15H2,1-3H3,(H2,23,24,25,26). The highest BCUT2D eigenvalue weighted by Crippen LogP contribution is 2.22. The fourth-order valence-corrected chi connectivity index (χ4v) is 3.74. The van der Waals surface area contributed by atoms with Crippen molar-refractivity contribution in [2.24, 2.45) is 0 Å². The first-order chi connectivity index (χ1) is 13.9. The summed E-state index contributed by atoms with van der Waals surface area (Å²) in [5.74, 6) is 0.958. The van der Waals surface area contributed by atoms with Gasteiger partial charge in [-0.1, -0.05) is 51.5 Å². The van der Waals surface area contributed by atoms with Gasteiger partial charge >= 0.3 is 0 Å². The normalized spacial score (nSPS) is 15.7. The predicted octanol–water partition coefficient (Wildman–Crippen LogP) is 3.31. The number of H-pyrrole nitrogens is 1. The number of piperidine rings is 1. The van der Waals surface area contributed by atoms with E-state index in [9.17, 15) is 4.79 Å². The Morgan fingerprint density at radius 1 is 1.07 bits per heavy atom. The lowest BCUT2D eigenvalue weighted by atomic mass is 9.87. The third kappa shape index (κ3) is 4.67. The molecule has 7 nitrogen and oxygen atoms in total. The molecule has 2 N–H and O–H groups in total. The van der Waals surface area contributed by atoms with Crippen molar-refractivity contribution in [3.63, 3.8) is 0 Å². The maximum Gasteiger partial charge on any atom is 0.274 e. The molecule has 154 valence electrons. The van der Waals surface area contributed by atoms with E-state index in [0.717, 1.165) is 24.3 Å². The number of aromatic nitrogens is 4. The summed E-state index contributed by atoms with van der Waals surface area (Å²) >= 11 is 0. The van der Waals surface area contributed by atoms with Gasteiger partial charge in [-0.3, -0.25) is 14.8 Å². The van der Waals surface area contributed by atoms with Crippen LogP contribution in [0.25, 0.3) is 5.78 Å². The van der Waals surface area contributed by atoms with E-state index in [4.69, 9.17) is 0 Å². The first-order valence-corrected chi connectivity index (χ1v) is 10.4. The van der Waals surface area contributed by atoms with Gasteiger partial charge in [0.1, 0.15) is 0 Å². The van der Waals surface area contributed by atoms with E-state index < -0.39 is 0 Å². The van der Waals surface area contributed by atoms with Gasteiger partial charge in [-0.2, -0.15) is 9.50 Å². The minimum atomic E-state index is -0.128. The lowest BCUT2D eigenvalue weighted by molar-refractivity contribution is 0.218. The van der Waals surface area contributed by atoms with Crippen LogP contribution in [0.5, 0.6) is 0 Å². The molecule has 29 heavy (non-hydrogen) atoms. The van der Waals surface area contributed by atoms with E-state index in [2.05, 4.69) is 70.3 Å². The van der Waals surface area contributed by atoms with Gasteiger partial charge in [0, 0.05) is 19.2 Å². The minimum Gasteiger partial charge on any atom is -0.351 e. The summed E-state index contributed by atoms with van der Waals surface area (Å²) in [5, 5.41) is 6.27. The Morgan fingerprint density at radius 3 is 2.48 bits per heavy atom. The number of nitrogens with zero attached hydrogens (tertiary/aromatic N) is 4. The van der Waals surface area contributed by atoms with E-state index in [1.165, 1.54) is 29.3 Å². The zero-order valence-electron chi connectivity index (χ0n) is 17.5. The fraction of sp³-hybridized carbons (Fsp3) is 0.500. The number of benzene rings is 1. The molecule has 0 saturated carbocycles. The molecule has 0 spiro atoms. The monoisotopic (exact) mass is 394 g/mol. The molecule has 1 aromatic carbocycles. The zero-order chi connectivity index (χ0) is 20.4. The van der Waals surface area contributed by atoms with Crippen LogP contribution < -0.4 is 10.9 Å². The third-order valence-corrected chi connectivity index (χ3v) is 5.50. The van der Waals surface area contributed by atoms with Crippen molar-refractivity contribution in [3.05, 3.63) is 57.5 Å². The molecule has 2 aromatic heterocycles. The van der Waals surface area contributed by atoms with Gasteiger partial charge in [0.15, 0.2) is 0 Å². The van der Waals surface area contributed by atoms with Crippen LogP contribution >= 0.6 is 0 Å². The number of fused-ring (bicyclic) bond motifs is 1. The van der Waals surface area contributed by atoms with Crippen LogP contribution in [0.15, 0.2) is 35.1 Å². The van der Waals surface area contributed by atoms with E-state index in [0.29, 0.717) is 24.8 Å². The number of aromatic amines is 1. The van der Waals surface area contributed by atoms with Crippen LogP contribution in [-0.4, -0.2) is 37.6 Å². The van der Waals surface area contributed by atoms with Gasteiger partial charge in [-0.25, -0.2) is 4.98 Å². The molecule has 3 aromatic rings. The molecule has 3 heterocycles. The van der Waals surface area contributed by atoms with Crippen LogP contribution in [0.2, 0.25) is 0 Å². The topological polar surface area (TPSA) is 78.3 Å². The number of hydrogen-bond donors (Lipinski definition) is 2. The van der Waals surface area contributed by atoms with Crippen LogP contribution in [0.4, 0.5) is 5.95 Å². The maximum atomic E-state index is 12.5. The summed E-state index contributed by atoms with van der Waals surface area (Å²) in [6.07, 6.45) is 3.72. The largest absolute Gasteiger partial charge is 0.351 e. The predicted molar refractivity (Wildman–Crippen MR) is 115 cm³/mol. The number of hydrogen-bond acceptors (Lipinski definition) is 5. The Balaban J connectivity index is 1.45. The molecule has 1 fully saturated rings. The summed E-state index contributed by atoms with van der Waals surface area (Å²) in [5.41, 5.74) is 3.26. The smallest absolute Gasteiger partial charge is 0.274 e. The van der Waals surface area contributed by atoms with Crippen molar-refractivity contribution < 1.29 is 0 Å². The van der Waals surface area contributed by atoms with Gasteiger partial charge < -0.3 is 5.32 Å². The van der Waals surface area contributed by atoms with Crippen LogP contribution in [0.3, 0.4) is 0 Å². The van der Waals surface area contributed by atoms with Crippen LogP contribution in [0.1, 0.15) is 56.9 Å². The molecule has 1 aliphatic rings. The molecule has 0 bridgehead atoms. The van der Waals surface area contributed by atoms with Crippen molar-refractivity contribution in [2.45, 2.75) is 58.5 Å². The molecule has 0 unspecified atom stereocenters. The molecule has 7 heteroatoms. The first-order valence-electron chi connectivity index (χ1n) is 10.4. The molecule has 0 amide bonds. The van der Waals surface area contributed by atoms with Crippen molar-refractivity contribution >= 4 is 11.7 Å². The van der Waals surface area contributed by atoms with Crippen molar-refractivity contribution in [1.82, 2.24) is 24.5 Å². The Morgan fingerprint density at radius 2 is 1.79 bits per heavy atom. The van der Waals surface area contributed by atoms with Crippen molar-refractivity contribution in [1.29, 1.82) is 0 Å². The second-order valence-corrected chi connectivity index (χ2v) is 8.93. The minimum absolute atomic E-state index is 0.128. The molecule has 1 aliphatic heterocycles. The summed E-state index contributed by atoms with van der Waals surface area (Å²) in [6, 6.07) is 10.2. The average molecular weight is 395 g/mol. The summed E-state index contributed by atoms with van der Waals surface area (Å²) in [6.45, 7) is 10.1. The Hall–Kier alpha value is -2.67. The lowest BCUT2D eigenvalue weighted by Gasteiger charge is -2.25. The maximum absolute atomic E-state index is 12.5. The molecule has 0 radical (unpaired) electrons. The van der Waals surface area contributed by atoms with Crippen molar-refractivity contribution in [2.75, 3.05) is 18.4 Å². The number of nitrogens with one attached hydrogen (secondary N) is 2. The Kier molecular flexibility index (Phi) is 5.41. The van der Waals surface area contributed by atoms with Crippen molar-refractivity contribution in [3.8, 4) is 0 Å². The number of likely N-dealkylation sites (tertiary alicyclic amines) is 1. The summed E-state index contributed by atoms with van der Waals surface area (Å²) in [4.78, 5) is 23.9. The van der Waals surface area contributed by atoms with E-state index >= 15 is 0 Å². The quantitative estimate of drug-likeness (QED) is 0.694. The molecular weight excluding hydrogens is 364 g/mol. The highest BCUT2D eigenvalue weighted by atomic mass is 16.1. The Labute approximate surface area is 171 Å². The average Bonchev–Trinajstić information content (AvgIpc) is 3.10. The lowest BCUT2D eigenvalue weighted by Crippen LogP contribution is -2.30. The van der Waals surface area contributed by atoms with Gasteiger partial charge in [-0.15, -0.1) is 0 Å². The number of anilines is 1. The molecule has 0 atom stereocenters. The second kappa shape index (κ2) is 7.99. The molecule has 1 saturated heterocycles. The summed E-state index contributed by atoms with van der Waals surface area (Å²) in [7, 11) is 0. The zero-order valence-corrected chi connectivity index (χ0v) is 17.5. The first kappa shape index (κ1) is 19.6. The van der Waals surface area contributed by atoms with Gasteiger partial charge in [0.05, 0.1) is 5.69 Å². The highest BCUT2D eigenvalue weighted by molar-refractivity contribution is 5.38. The SMILES string of the molecule is CC(C)(C)c1ccc(CNc2nc3nc(CN4CCCCC4)cc(=O)n3[nH]2)cc1. The Bertz CT molecular complexity index is 1020. The number of rotatable bonds is 5. The molecule has 0 aliphatic carbocycles. The fourth-order valence-electron chi connectivity index (χ4n) is 3.74. The summed E-state index contributed by atoms with van der Waals surface area (Å²) < 4.78 is 1.39. The third-order valence-electron chi connectivity index (χ3n) is 5.50. The van der Waals surface area contributed by atoms with Gasteiger partial charge in [0.2, 0.25) is 5.95 Å².